The van der Waals surface area contributed by atoms with Crippen LogP contribution in [0.15, 0.2) is 83.4 Å². The molecule has 0 spiro atoms. The lowest BCUT2D eigenvalue weighted by atomic mass is 9.89. The second-order valence-electron chi connectivity index (χ2n) is 10.3. The minimum Gasteiger partial charge on any atom is -0.460 e. The average Bonchev–Trinajstić information content (AvgIpc) is 3.33. The average molecular weight is 429 g/mol. The molecule has 0 unspecified atom stereocenters. The maximum atomic E-state index is 6.45. The Bertz CT molecular complexity index is 1810. The van der Waals surface area contributed by atoms with Crippen molar-refractivity contribution in [3.63, 3.8) is 0 Å². The zero-order valence-electron chi connectivity index (χ0n) is 19.0. The van der Waals surface area contributed by atoms with E-state index in [-0.39, 0.29) is 5.41 Å². The zero-order chi connectivity index (χ0) is 22.3. The number of benzene rings is 3. The fourth-order valence-electron chi connectivity index (χ4n) is 5.44. The molecule has 4 aromatic heterocycles. The summed E-state index contributed by atoms with van der Waals surface area (Å²) in [7, 11) is 0. The number of pyridine rings is 2. The van der Waals surface area contributed by atoms with Gasteiger partial charge in [-0.25, -0.2) is 4.98 Å². The van der Waals surface area contributed by atoms with Crippen molar-refractivity contribution >= 4 is 49.2 Å². The fraction of sp³-hybridized carbons (Fsp3) is 0.167. The Morgan fingerprint density at radius 1 is 0.788 bits per heavy atom. The van der Waals surface area contributed by atoms with Crippen molar-refractivity contribution in [3.05, 3.63) is 84.8 Å². The highest BCUT2D eigenvalue weighted by Gasteiger charge is 2.25. The molecule has 3 nitrogen and oxygen atoms in total. The van der Waals surface area contributed by atoms with Crippen molar-refractivity contribution in [1.29, 1.82) is 0 Å². The summed E-state index contributed by atoms with van der Waals surface area (Å²) >= 11 is 0. The number of hydrogen-bond acceptors (Lipinski definition) is 2. The third kappa shape index (κ3) is 2.59. The third-order valence-corrected chi connectivity index (χ3v) is 6.72. The number of furan rings is 1. The first-order chi connectivity index (χ1) is 16.0. The zero-order valence-corrected chi connectivity index (χ0v) is 19.0. The minimum atomic E-state index is 0.126. The predicted molar refractivity (Wildman–Crippen MR) is 137 cm³/mol. The monoisotopic (exact) mass is 428 g/mol. The van der Waals surface area contributed by atoms with E-state index in [1.807, 2.05) is 12.3 Å². The van der Waals surface area contributed by atoms with Gasteiger partial charge in [-0.1, -0.05) is 75.4 Å². The van der Waals surface area contributed by atoms with Crippen molar-refractivity contribution in [3.8, 4) is 11.1 Å². The van der Waals surface area contributed by atoms with Gasteiger partial charge in [0.05, 0.1) is 16.4 Å². The van der Waals surface area contributed by atoms with E-state index in [4.69, 9.17) is 9.40 Å². The Kier molecular flexibility index (Phi) is 3.60. The van der Waals surface area contributed by atoms with Gasteiger partial charge in [-0.2, -0.15) is 0 Å². The molecule has 0 fully saturated rings. The van der Waals surface area contributed by atoms with Crippen molar-refractivity contribution in [2.24, 2.45) is 5.41 Å². The largest absolute Gasteiger partial charge is 0.460 e. The molecule has 0 saturated heterocycles. The lowest BCUT2D eigenvalue weighted by Crippen LogP contribution is -2.08. The van der Waals surface area contributed by atoms with Crippen LogP contribution in [0.25, 0.3) is 60.3 Å². The lowest BCUT2D eigenvalue weighted by molar-refractivity contribution is 0.373. The summed E-state index contributed by atoms with van der Waals surface area (Å²) in [6.45, 7) is 6.78. The van der Waals surface area contributed by atoms with Gasteiger partial charge in [-0.15, -0.1) is 0 Å². The molecule has 0 aliphatic carbocycles. The van der Waals surface area contributed by atoms with Crippen LogP contribution in [-0.2, 0) is 6.42 Å². The van der Waals surface area contributed by atoms with E-state index >= 15 is 0 Å². The molecule has 0 amide bonds. The Labute approximate surface area is 191 Å². The molecule has 0 atom stereocenters. The topological polar surface area (TPSA) is 30.4 Å². The first-order valence-electron chi connectivity index (χ1n) is 11.5. The second kappa shape index (κ2) is 6.35. The third-order valence-electron chi connectivity index (χ3n) is 6.72. The first-order valence-corrected chi connectivity index (χ1v) is 11.5. The summed E-state index contributed by atoms with van der Waals surface area (Å²) in [5.41, 5.74) is 6.88. The summed E-state index contributed by atoms with van der Waals surface area (Å²) in [6.07, 6.45) is 2.75. The van der Waals surface area contributed by atoms with Crippen LogP contribution in [0, 0.1) is 5.41 Å². The molecule has 0 saturated carbocycles. The Morgan fingerprint density at radius 2 is 1.61 bits per heavy atom. The van der Waals surface area contributed by atoms with Gasteiger partial charge in [0.2, 0.25) is 0 Å². The SMILES string of the molecule is CC(C)(C)Cc1oc2ccnc3c2c1c1cccc2c4cc(-c5ccccc5)ccc4n3c21. The molecule has 7 aromatic rings. The van der Waals surface area contributed by atoms with E-state index in [9.17, 15) is 0 Å². The van der Waals surface area contributed by atoms with Gasteiger partial charge < -0.3 is 4.42 Å². The molecule has 0 aliphatic rings. The highest BCUT2D eigenvalue weighted by Crippen LogP contribution is 2.43. The minimum absolute atomic E-state index is 0.126. The highest BCUT2D eigenvalue weighted by atomic mass is 16.3. The molecule has 0 radical (unpaired) electrons. The number of para-hydroxylation sites is 1. The van der Waals surface area contributed by atoms with Crippen molar-refractivity contribution in [2.75, 3.05) is 0 Å². The van der Waals surface area contributed by atoms with E-state index in [0.717, 1.165) is 28.8 Å². The molecule has 3 aromatic carbocycles. The summed E-state index contributed by atoms with van der Waals surface area (Å²) in [5.74, 6) is 1.06. The molecule has 3 heteroatoms. The molecule has 0 bridgehead atoms. The summed E-state index contributed by atoms with van der Waals surface area (Å²) in [5, 5.41) is 6.09. The van der Waals surface area contributed by atoms with Crippen LogP contribution in [0.5, 0.6) is 0 Å². The van der Waals surface area contributed by atoms with E-state index in [2.05, 4.69) is 91.9 Å². The van der Waals surface area contributed by atoms with Crippen LogP contribution >= 0.6 is 0 Å². The number of rotatable bonds is 2. The van der Waals surface area contributed by atoms with E-state index in [0.29, 0.717) is 0 Å². The van der Waals surface area contributed by atoms with E-state index in [1.54, 1.807) is 0 Å². The number of aromatic nitrogens is 2. The Morgan fingerprint density at radius 3 is 2.42 bits per heavy atom. The van der Waals surface area contributed by atoms with Gasteiger partial charge in [0.25, 0.3) is 0 Å². The van der Waals surface area contributed by atoms with Crippen LogP contribution in [0.1, 0.15) is 26.5 Å². The normalized spacial score (nSPS) is 12.8. The molecule has 0 N–H and O–H groups in total. The van der Waals surface area contributed by atoms with Crippen LogP contribution in [0.3, 0.4) is 0 Å². The van der Waals surface area contributed by atoms with Gasteiger partial charge in [-0.05, 0) is 34.7 Å². The maximum absolute atomic E-state index is 6.45. The van der Waals surface area contributed by atoms with Crippen LogP contribution in [0.2, 0.25) is 0 Å². The van der Waals surface area contributed by atoms with Gasteiger partial charge in [-0.3, -0.25) is 4.40 Å². The highest BCUT2D eigenvalue weighted by molar-refractivity contribution is 6.26. The first kappa shape index (κ1) is 18.7. The summed E-state index contributed by atoms with van der Waals surface area (Å²) in [6, 6.07) is 26.0. The lowest BCUT2D eigenvalue weighted by Gasteiger charge is -2.16. The van der Waals surface area contributed by atoms with Gasteiger partial charge in [0.1, 0.15) is 17.0 Å². The second-order valence-corrected chi connectivity index (χ2v) is 10.3. The predicted octanol–water partition coefficient (Wildman–Crippen LogP) is 8.23. The Balaban J connectivity index is 1.67. The molecule has 33 heavy (non-hydrogen) atoms. The number of fused-ring (bicyclic) bond motifs is 5. The fourth-order valence-corrected chi connectivity index (χ4v) is 5.44. The maximum Gasteiger partial charge on any atom is 0.149 e. The quantitative estimate of drug-likeness (QED) is 0.260. The van der Waals surface area contributed by atoms with Crippen LogP contribution < -0.4 is 0 Å². The summed E-state index contributed by atoms with van der Waals surface area (Å²) in [4.78, 5) is 4.88. The van der Waals surface area contributed by atoms with Crippen LogP contribution in [0.4, 0.5) is 0 Å². The molecule has 0 aliphatic heterocycles. The molecule has 7 rings (SSSR count). The van der Waals surface area contributed by atoms with Crippen molar-refractivity contribution < 1.29 is 4.42 Å². The smallest absolute Gasteiger partial charge is 0.149 e. The van der Waals surface area contributed by atoms with E-state index in [1.165, 1.54) is 43.7 Å². The molecular weight excluding hydrogens is 404 g/mol. The Hall–Kier alpha value is -3.85. The standard InChI is InChI=1S/C30H24N2O/c1-30(2,3)17-25-26-21-11-7-10-20-22-16-19(18-8-5-4-6-9-18)12-13-23(22)32(28(20)21)29-27(26)24(33-25)14-15-31-29/h4-16H,17H2,1-3H3. The van der Waals surface area contributed by atoms with Gasteiger partial charge >= 0.3 is 0 Å². The van der Waals surface area contributed by atoms with Crippen LogP contribution in [-0.4, -0.2) is 9.38 Å². The molecule has 4 heterocycles. The van der Waals surface area contributed by atoms with E-state index < -0.39 is 0 Å². The number of hydrogen-bond donors (Lipinski definition) is 0. The molecular formula is C30H24N2O. The van der Waals surface area contributed by atoms with Crippen molar-refractivity contribution in [1.82, 2.24) is 9.38 Å². The van der Waals surface area contributed by atoms with Gasteiger partial charge in [0, 0.05) is 34.2 Å². The van der Waals surface area contributed by atoms with Crippen molar-refractivity contribution in [2.45, 2.75) is 27.2 Å². The number of nitrogens with zero attached hydrogens (tertiary/aromatic N) is 2. The summed E-state index contributed by atoms with van der Waals surface area (Å²) < 4.78 is 8.79. The molecule has 160 valence electrons. The van der Waals surface area contributed by atoms with Gasteiger partial charge in [0.15, 0.2) is 0 Å².